The number of carbonyl (C=O) groups excluding carboxylic acids is 2. The van der Waals surface area contributed by atoms with Gasteiger partial charge >= 0.3 is 45.3 Å². The fourth-order valence-electron chi connectivity index (χ4n) is 7.49. The van der Waals surface area contributed by atoms with E-state index in [1.165, 1.54) is 0 Å². The third kappa shape index (κ3) is 10.3. The van der Waals surface area contributed by atoms with Gasteiger partial charge in [0.2, 0.25) is 0 Å². The molecule has 12 heteroatoms. The van der Waals surface area contributed by atoms with E-state index in [2.05, 4.69) is 0 Å². The van der Waals surface area contributed by atoms with Crippen LogP contribution >= 0.6 is 20.2 Å². The molecule has 3 aliphatic carbocycles. The van der Waals surface area contributed by atoms with Crippen molar-refractivity contribution in [3.8, 4) is 0 Å². The Kier molecular flexibility index (Phi) is 16.2. The van der Waals surface area contributed by atoms with Gasteiger partial charge in [0.05, 0.1) is 24.3 Å². The normalized spacial score (nSPS) is 26.5. The summed E-state index contributed by atoms with van der Waals surface area (Å²) in [5.74, 6) is -0.771. The maximum absolute atomic E-state index is 13.7. The minimum absolute atomic E-state index is 0.00694. The van der Waals surface area contributed by atoms with Crippen LogP contribution in [0.4, 0.5) is 0 Å². The van der Waals surface area contributed by atoms with Crippen molar-refractivity contribution >= 4 is 32.1 Å². The second-order valence-electron chi connectivity index (χ2n) is 12.3. The molecule has 5 rings (SSSR count). The molecule has 0 saturated heterocycles. The van der Waals surface area contributed by atoms with Crippen molar-refractivity contribution in [3.05, 3.63) is 49.3 Å². The average Bonchev–Trinajstić information content (AvgIpc) is 3.06. The Hall–Kier alpha value is -0.971. The summed E-state index contributed by atoms with van der Waals surface area (Å²) < 4.78 is 11.3. The number of ether oxygens (including phenoxy) is 2. The molecule has 0 radical (unpaired) electrons. The molecule has 1 aromatic heterocycles. The molecule has 0 spiro atoms. The number of esters is 2. The van der Waals surface area contributed by atoms with Crippen LogP contribution in [0.1, 0.15) is 141 Å². The van der Waals surface area contributed by atoms with Crippen LogP contribution in [-0.2, 0) is 35.7 Å². The first kappa shape index (κ1) is 36.9. The summed E-state index contributed by atoms with van der Waals surface area (Å²) in [6.07, 6.45) is 13.8. The molecule has 1 aliphatic heterocycles. The second-order valence-corrected chi connectivity index (χ2v) is 14.3. The standard InChI is InChI=1S/C33H49N5O4.2ClH.Mn/c1-3-41-32(39)30-27-20-36-25-16-10-8-14-23(25)34-18-19-35-24-15-9-11-17-26(24)37-21-28(38-27)31(33(40)42-4-2)29(30)22-12-6-5-7-13-22;;;/h22-26H,3-21H2,1-2H3;2*1H;/q-4;;;+2/p-2/t23-,24?,25-,26?;;;/m1.../s1. The van der Waals surface area contributed by atoms with Gasteiger partial charge in [-0.25, -0.2) is 9.59 Å². The zero-order valence-corrected chi connectivity index (χ0v) is 29.5. The SMILES string of the molecule is CCOC(=O)c1c2nc(c(C(=O)OCC)c1C1CCCCC1)C[N-][C@@H]1CCCC[C@H]1[N-]CC[N-]C1CCCCC1[N-]C2.[Cl][Mn][Cl]. The Balaban J connectivity index is 0.00000148. The summed E-state index contributed by atoms with van der Waals surface area (Å²) in [5, 5.41) is 20.5. The summed E-state index contributed by atoms with van der Waals surface area (Å²) in [6, 6.07) is 0.541. The van der Waals surface area contributed by atoms with Crippen LogP contribution in [0.5, 0.6) is 0 Å². The monoisotopic (exact) mass is 704 g/mol. The van der Waals surface area contributed by atoms with E-state index in [0.29, 0.717) is 35.6 Å². The van der Waals surface area contributed by atoms with Gasteiger partial charge < -0.3 is 30.7 Å². The third-order valence-electron chi connectivity index (χ3n) is 9.52. The van der Waals surface area contributed by atoms with Crippen LogP contribution in [0, 0.1) is 0 Å². The predicted octanol–water partition coefficient (Wildman–Crippen LogP) is 8.99. The molecule has 4 aliphatic rings. The molecule has 0 N–H and O–H groups in total. The summed E-state index contributed by atoms with van der Waals surface area (Å²) >= 11 is 0.00694. The molecule has 45 heavy (non-hydrogen) atoms. The number of pyridine rings is 1. The maximum atomic E-state index is 13.7. The van der Waals surface area contributed by atoms with E-state index in [1.807, 2.05) is 13.8 Å². The van der Waals surface area contributed by atoms with E-state index < -0.39 is 11.9 Å². The Morgan fingerprint density at radius 3 is 1.44 bits per heavy atom. The van der Waals surface area contributed by atoms with Crippen molar-refractivity contribution in [1.82, 2.24) is 4.98 Å². The van der Waals surface area contributed by atoms with Gasteiger partial charge in [0.1, 0.15) is 0 Å². The first-order chi connectivity index (χ1) is 22.0. The summed E-state index contributed by atoms with van der Waals surface area (Å²) in [7, 11) is 9.59. The number of aromatic nitrogens is 1. The average molecular weight is 706 g/mol. The fraction of sp³-hybridized carbons (Fsp3) is 0.788. The Morgan fingerprint density at radius 1 is 0.667 bits per heavy atom. The van der Waals surface area contributed by atoms with Gasteiger partial charge in [-0.1, -0.05) is 70.6 Å². The molecule has 3 saturated carbocycles. The van der Waals surface area contributed by atoms with Crippen molar-refractivity contribution in [2.45, 2.75) is 140 Å². The molecule has 4 atom stereocenters. The zero-order valence-electron chi connectivity index (χ0n) is 26.8. The molecule has 2 heterocycles. The zero-order chi connectivity index (χ0) is 32.0. The van der Waals surface area contributed by atoms with Crippen LogP contribution in [0.3, 0.4) is 0 Å². The van der Waals surface area contributed by atoms with Crippen LogP contribution in [-0.4, -0.2) is 67.4 Å². The molecule has 0 aromatic carbocycles. The van der Waals surface area contributed by atoms with Crippen molar-refractivity contribution < 1.29 is 32.2 Å². The topological polar surface area (TPSA) is 122 Å². The van der Waals surface area contributed by atoms with Gasteiger partial charge in [0, 0.05) is 11.4 Å². The summed E-state index contributed by atoms with van der Waals surface area (Å²) in [4.78, 5) is 32.5. The van der Waals surface area contributed by atoms with E-state index in [0.717, 1.165) is 102 Å². The predicted molar refractivity (Wildman–Crippen MR) is 176 cm³/mol. The molecule has 3 fully saturated rings. The Bertz CT molecular complexity index is 1020. The quantitative estimate of drug-likeness (QED) is 0.224. The molecule has 9 nitrogen and oxygen atoms in total. The number of rotatable bonds is 5. The molecule has 2 unspecified atom stereocenters. The van der Waals surface area contributed by atoms with Crippen molar-refractivity contribution in [1.29, 1.82) is 0 Å². The van der Waals surface area contributed by atoms with Gasteiger partial charge in [-0.15, -0.1) is 13.1 Å². The number of carbonyl (C=O) groups is 2. The second kappa shape index (κ2) is 19.8. The molecule has 1 aromatic rings. The van der Waals surface area contributed by atoms with Gasteiger partial charge in [-0.3, -0.25) is 4.98 Å². The molecular weight excluding hydrogens is 656 g/mol. The number of halogens is 2. The van der Waals surface area contributed by atoms with Crippen LogP contribution in [0.25, 0.3) is 21.3 Å². The third-order valence-corrected chi connectivity index (χ3v) is 9.52. The number of nitrogens with zero attached hydrogens (tertiary/aromatic N) is 5. The minimum atomic E-state index is -0.418. The van der Waals surface area contributed by atoms with E-state index >= 15 is 0 Å². The Morgan fingerprint density at radius 2 is 1.04 bits per heavy atom. The van der Waals surface area contributed by atoms with Crippen molar-refractivity contribution in [2.24, 2.45) is 0 Å². The summed E-state index contributed by atoms with van der Waals surface area (Å²) in [6.45, 7) is 6.18. The van der Waals surface area contributed by atoms with Gasteiger partial charge in [0.25, 0.3) is 0 Å². The first-order valence-corrected chi connectivity index (χ1v) is 20.2. The fourth-order valence-corrected chi connectivity index (χ4v) is 7.49. The Labute approximate surface area is 284 Å². The number of fused-ring (bicyclic) bond motifs is 4. The van der Waals surface area contributed by atoms with Crippen LogP contribution in [0.15, 0.2) is 0 Å². The molecule has 0 amide bonds. The molecular formula is C33H49Cl2MnN5O4-4. The van der Waals surface area contributed by atoms with Crippen molar-refractivity contribution in [3.63, 3.8) is 0 Å². The van der Waals surface area contributed by atoms with E-state index in [-0.39, 0.29) is 56.4 Å². The van der Waals surface area contributed by atoms with Gasteiger partial charge in [0.15, 0.2) is 0 Å². The number of hydrogen-bond donors (Lipinski definition) is 0. The molecule has 255 valence electrons. The van der Waals surface area contributed by atoms with E-state index in [4.69, 9.17) is 55.9 Å². The number of hydrogen-bond acceptors (Lipinski definition) is 5. The van der Waals surface area contributed by atoms with Crippen LogP contribution in [0.2, 0.25) is 0 Å². The first-order valence-electron chi connectivity index (χ1n) is 17.0. The summed E-state index contributed by atoms with van der Waals surface area (Å²) in [5.41, 5.74) is 2.83. The van der Waals surface area contributed by atoms with Crippen LogP contribution < -0.4 is 0 Å². The van der Waals surface area contributed by atoms with Gasteiger partial charge in [-0.2, -0.15) is 37.3 Å². The molecule has 2 bridgehead atoms. The van der Waals surface area contributed by atoms with Crippen molar-refractivity contribution in [2.75, 3.05) is 26.3 Å². The van der Waals surface area contributed by atoms with E-state index in [9.17, 15) is 9.59 Å². The van der Waals surface area contributed by atoms with E-state index in [1.54, 1.807) is 0 Å². The van der Waals surface area contributed by atoms with Gasteiger partial charge in [-0.05, 0) is 38.2 Å².